The Morgan fingerprint density at radius 3 is 2.25 bits per heavy atom. The molecule has 1 atom stereocenters. The highest BCUT2D eigenvalue weighted by molar-refractivity contribution is 5.95. The second-order valence-electron chi connectivity index (χ2n) is 7.28. The van der Waals surface area contributed by atoms with Crippen molar-refractivity contribution in [1.82, 2.24) is 29.9 Å². The van der Waals surface area contributed by atoms with Crippen molar-refractivity contribution in [2.45, 2.75) is 26.1 Å². The maximum atomic E-state index is 13.9. The third-order valence-electron chi connectivity index (χ3n) is 4.98. The summed E-state index contributed by atoms with van der Waals surface area (Å²) >= 11 is 0. The van der Waals surface area contributed by atoms with Gasteiger partial charge in [-0.25, -0.2) is 14.3 Å². The van der Waals surface area contributed by atoms with E-state index in [2.05, 4.69) is 20.5 Å². The van der Waals surface area contributed by atoms with E-state index in [0.29, 0.717) is 0 Å². The molecule has 164 valence electrons. The molecule has 0 fully saturated rings. The van der Waals surface area contributed by atoms with Crippen molar-refractivity contribution in [2.75, 3.05) is 0 Å². The van der Waals surface area contributed by atoms with Crippen molar-refractivity contribution < 1.29 is 18.0 Å². The molecular formula is C22H19F3N6O. The molecule has 4 aromatic rings. The molecule has 2 heterocycles. The summed E-state index contributed by atoms with van der Waals surface area (Å²) in [5.41, 5.74) is 0.955. The third-order valence-corrected chi connectivity index (χ3v) is 4.98. The summed E-state index contributed by atoms with van der Waals surface area (Å²) < 4.78 is 43.9. The average molecular weight is 440 g/mol. The molecule has 0 aliphatic carbocycles. The quantitative estimate of drug-likeness (QED) is 0.503. The van der Waals surface area contributed by atoms with Gasteiger partial charge in [0.25, 0.3) is 5.91 Å². The lowest BCUT2D eigenvalue weighted by atomic mass is 10.1. The van der Waals surface area contributed by atoms with Crippen molar-refractivity contribution in [1.29, 1.82) is 0 Å². The van der Waals surface area contributed by atoms with Gasteiger partial charge in [0, 0.05) is 0 Å². The summed E-state index contributed by atoms with van der Waals surface area (Å²) in [6.07, 6.45) is -0.869. The molecule has 1 amide bonds. The number of aryl methyl sites for hydroxylation is 1. The Kier molecular flexibility index (Phi) is 5.52. The monoisotopic (exact) mass is 440 g/mol. The van der Waals surface area contributed by atoms with E-state index < -0.39 is 29.4 Å². The summed E-state index contributed by atoms with van der Waals surface area (Å²) in [6.45, 7) is 3.52. The van der Waals surface area contributed by atoms with Gasteiger partial charge in [-0.2, -0.15) is 23.4 Å². The van der Waals surface area contributed by atoms with E-state index in [-0.39, 0.29) is 5.69 Å². The van der Waals surface area contributed by atoms with E-state index in [4.69, 9.17) is 0 Å². The Morgan fingerprint density at radius 2 is 1.66 bits per heavy atom. The Balaban J connectivity index is 1.58. The molecular weight excluding hydrogens is 421 g/mol. The Bertz CT molecular complexity index is 1210. The fourth-order valence-electron chi connectivity index (χ4n) is 3.28. The SMILES string of the molecule is Cc1ccc(-n2ncc(C(=O)NC(C)c3ccc(-n4cncn4)cc3)c2C(F)(F)F)cc1. The smallest absolute Gasteiger partial charge is 0.345 e. The first-order valence-electron chi connectivity index (χ1n) is 9.72. The van der Waals surface area contributed by atoms with Gasteiger partial charge in [0.2, 0.25) is 0 Å². The zero-order valence-corrected chi connectivity index (χ0v) is 17.2. The Labute approximate surface area is 181 Å². The third kappa shape index (κ3) is 4.25. The average Bonchev–Trinajstić information content (AvgIpc) is 3.44. The van der Waals surface area contributed by atoms with Gasteiger partial charge in [0.15, 0.2) is 5.69 Å². The van der Waals surface area contributed by atoms with Gasteiger partial charge in [-0.15, -0.1) is 0 Å². The number of rotatable bonds is 5. The number of halogens is 3. The predicted octanol–water partition coefficient (Wildman–Crippen LogP) is 4.27. The highest BCUT2D eigenvalue weighted by atomic mass is 19.4. The first-order chi connectivity index (χ1) is 15.2. The lowest BCUT2D eigenvalue weighted by Crippen LogP contribution is -2.29. The number of nitrogens with one attached hydrogen (secondary N) is 1. The first-order valence-corrected chi connectivity index (χ1v) is 9.72. The van der Waals surface area contributed by atoms with Crippen LogP contribution in [0.1, 0.15) is 40.1 Å². The topological polar surface area (TPSA) is 77.6 Å². The molecule has 0 radical (unpaired) electrons. The van der Waals surface area contributed by atoms with Crippen LogP contribution < -0.4 is 5.32 Å². The van der Waals surface area contributed by atoms with Crippen LogP contribution in [-0.2, 0) is 6.18 Å². The minimum Gasteiger partial charge on any atom is -0.345 e. The molecule has 2 aromatic carbocycles. The van der Waals surface area contributed by atoms with E-state index in [1.165, 1.54) is 18.5 Å². The van der Waals surface area contributed by atoms with Crippen LogP contribution in [0.5, 0.6) is 0 Å². The van der Waals surface area contributed by atoms with Crippen LogP contribution in [0.4, 0.5) is 13.2 Å². The van der Waals surface area contributed by atoms with E-state index in [0.717, 1.165) is 27.7 Å². The fourth-order valence-corrected chi connectivity index (χ4v) is 3.28. The van der Waals surface area contributed by atoms with Crippen LogP contribution >= 0.6 is 0 Å². The lowest BCUT2D eigenvalue weighted by Gasteiger charge is -2.16. The van der Waals surface area contributed by atoms with Gasteiger partial charge < -0.3 is 5.32 Å². The number of hydrogen-bond acceptors (Lipinski definition) is 4. The molecule has 32 heavy (non-hydrogen) atoms. The maximum Gasteiger partial charge on any atom is 0.434 e. The van der Waals surface area contributed by atoms with Crippen molar-refractivity contribution in [2.24, 2.45) is 0 Å². The molecule has 0 saturated heterocycles. The van der Waals surface area contributed by atoms with Crippen LogP contribution in [0, 0.1) is 6.92 Å². The number of hydrogen-bond donors (Lipinski definition) is 1. The number of benzene rings is 2. The van der Waals surface area contributed by atoms with Crippen molar-refractivity contribution in [3.05, 3.63) is 89.8 Å². The second kappa shape index (κ2) is 8.29. The maximum absolute atomic E-state index is 13.9. The minimum absolute atomic E-state index is 0.221. The summed E-state index contributed by atoms with van der Waals surface area (Å²) in [6, 6.07) is 13.0. The number of carbonyl (C=O) groups is 1. The second-order valence-corrected chi connectivity index (χ2v) is 7.28. The minimum atomic E-state index is -4.77. The van der Waals surface area contributed by atoms with Crippen molar-refractivity contribution in [3.8, 4) is 11.4 Å². The fraction of sp³-hybridized carbons (Fsp3) is 0.182. The van der Waals surface area contributed by atoms with Crippen LogP contribution in [-0.4, -0.2) is 30.5 Å². The van der Waals surface area contributed by atoms with Crippen molar-refractivity contribution >= 4 is 5.91 Å². The van der Waals surface area contributed by atoms with Gasteiger partial charge in [0.1, 0.15) is 12.7 Å². The molecule has 0 bridgehead atoms. The molecule has 0 aliphatic heterocycles. The van der Waals surface area contributed by atoms with Gasteiger partial charge in [-0.3, -0.25) is 4.79 Å². The molecule has 1 unspecified atom stereocenters. The summed E-state index contributed by atoms with van der Waals surface area (Å²) in [4.78, 5) is 16.6. The summed E-state index contributed by atoms with van der Waals surface area (Å²) in [7, 11) is 0. The molecule has 0 aliphatic rings. The van der Waals surface area contributed by atoms with Crippen LogP contribution in [0.25, 0.3) is 11.4 Å². The van der Waals surface area contributed by atoms with E-state index in [9.17, 15) is 18.0 Å². The predicted molar refractivity (Wildman–Crippen MR) is 111 cm³/mol. The number of carbonyl (C=O) groups excluding carboxylic acids is 1. The molecule has 0 saturated carbocycles. The number of nitrogens with zero attached hydrogens (tertiary/aromatic N) is 5. The largest absolute Gasteiger partial charge is 0.434 e. The van der Waals surface area contributed by atoms with Crippen LogP contribution in [0.2, 0.25) is 0 Å². The summed E-state index contributed by atoms with van der Waals surface area (Å²) in [5.74, 6) is -0.858. The Hall–Kier alpha value is -3.95. The highest BCUT2D eigenvalue weighted by Gasteiger charge is 2.40. The van der Waals surface area contributed by atoms with Gasteiger partial charge in [-0.05, 0) is 43.7 Å². The van der Waals surface area contributed by atoms with Gasteiger partial charge in [0.05, 0.1) is 29.2 Å². The summed E-state index contributed by atoms with van der Waals surface area (Å²) in [5, 5.41) is 10.5. The molecule has 1 N–H and O–H groups in total. The zero-order valence-electron chi connectivity index (χ0n) is 17.2. The number of aromatic nitrogens is 5. The van der Waals surface area contributed by atoms with E-state index in [1.54, 1.807) is 54.3 Å². The molecule has 4 rings (SSSR count). The molecule has 10 heteroatoms. The Morgan fingerprint density at radius 1 is 1.00 bits per heavy atom. The van der Waals surface area contributed by atoms with Crippen LogP contribution in [0.3, 0.4) is 0 Å². The number of alkyl halides is 3. The van der Waals surface area contributed by atoms with Gasteiger partial charge >= 0.3 is 6.18 Å². The van der Waals surface area contributed by atoms with E-state index in [1.807, 2.05) is 6.92 Å². The standard InChI is InChI=1S/C22H19F3N6O/c1-14-3-7-18(8-4-14)31-20(22(23,24)25)19(11-27-31)21(32)29-15(2)16-5-9-17(10-6-16)30-13-26-12-28-30/h3-13,15H,1-2H3,(H,29,32). The lowest BCUT2D eigenvalue weighted by molar-refractivity contribution is -0.143. The van der Waals surface area contributed by atoms with E-state index >= 15 is 0 Å². The first kappa shape index (κ1) is 21.3. The normalized spacial score (nSPS) is 12.5. The van der Waals surface area contributed by atoms with Crippen molar-refractivity contribution in [3.63, 3.8) is 0 Å². The molecule has 0 spiro atoms. The van der Waals surface area contributed by atoms with Crippen LogP contribution in [0.15, 0.2) is 67.4 Å². The molecule has 7 nitrogen and oxygen atoms in total. The zero-order chi connectivity index (χ0) is 22.9. The van der Waals surface area contributed by atoms with Gasteiger partial charge in [-0.1, -0.05) is 29.8 Å². The molecule has 2 aromatic heterocycles. The highest BCUT2D eigenvalue weighted by Crippen LogP contribution is 2.34. The number of amides is 1.